The molecule has 0 radical (unpaired) electrons. The van der Waals surface area contributed by atoms with Gasteiger partial charge >= 0.3 is 0 Å². The van der Waals surface area contributed by atoms with E-state index in [1.54, 1.807) is 0 Å². The molecule has 1 aliphatic carbocycles. The monoisotopic (exact) mass is 280 g/mol. The van der Waals surface area contributed by atoms with E-state index in [0.717, 1.165) is 32.5 Å². The lowest BCUT2D eigenvalue weighted by Gasteiger charge is -2.16. The predicted molar refractivity (Wildman–Crippen MR) is 64.7 cm³/mol. The van der Waals surface area contributed by atoms with Gasteiger partial charge in [-0.3, -0.25) is 4.55 Å². The highest BCUT2D eigenvalue weighted by Gasteiger charge is 2.32. The zero-order valence-corrected chi connectivity index (χ0v) is 11.1. The van der Waals surface area contributed by atoms with E-state index >= 15 is 0 Å². The SMILES string of the molecule is C1COCO1.O=CC1CCCCCC1S(=O)(=O)O. The Balaban J connectivity index is 0.000000269. The van der Waals surface area contributed by atoms with Crippen molar-refractivity contribution < 1.29 is 27.2 Å². The van der Waals surface area contributed by atoms with E-state index in [0.29, 0.717) is 25.9 Å². The minimum Gasteiger partial charge on any atom is -0.353 e. The molecule has 2 fully saturated rings. The summed E-state index contributed by atoms with van der Waals surface area (Å²) in [7, 11) is -4.04. The molecule has 2 aliphatic rings. The van der Waals surface area contributed by atoms with Gasteiger partial charge in [0, 0.05) is 5.92 Å². The number of carbonyl (C=O) groups is 1. The third-order valence-corrected chi connectivity index (χ3v) is 4.45. The molecule has 0 aromatic rings. The van der Waals surface area contributed by atoms with Gasteiger partial charge in [-0.05, 0) is 12.8 Å². The van der Waals surface area contributed by atoms with Gasteiger partial charge in [0.05, 0.1) is 18.5 Å². The minimum absolute atomic E-state index is 0.405. The van der Waals surface area contributed by atoms with Crippen LogP contribution in [0.25, 0.3) is 0 Å². The molecule has 6 nitrogen and oxygen atoms in total. The van der Waals surface area contributed by atoms with Crippen LogP contribution in [-0.2, 0) is 24.4 Å². The van der Waals surface area contributed by atoms with E-state index in [-0.39, 0.29) is 0 Å². The van der Waals surface area contributed by atoms with Crippen LogP contribution in [0.5, 0.6) is 0 Å². The van der Waals surface area contributed by atoms with Gasteiger partial charge in [0.15, 0.2) is 0 Å². The largest absolute Gasteiger partial charge is 0.353 e. The van der Waals surface area contributed by atoms with E-state index in [1.165, 1.54) is 0 Å². The number of aldehydes is 1. The molecule has 0 aromatic carbocycles. The molecule has 0 bridgehead atoms. The van der Waals surface area contributed by atoms with Gasteiger partial charge < -0.3 is 14.3 Å². The molecule has 1 N–H and O–H groups in total. The normalized spacial score (nSPS) is 28.9. The highest BCUT2D eigenvalue weighted by Crippen LogP contribution is 2.26. The van der Waals surface area contributed by atoms with Gasteiger partial charge in [0.1, 0.15) is 13.1 Å². The number of carbonyl (C=O) groups excluding carboxylic acids is 1. The van der Waals surface area contributed by atoms with Crippen LogP contribution in [0.1, 0.15) is 32.1 Å². The Morgan fingerprint density at radius 2 is 1.67 bits per heavy atom. The predicted octanol–water partition coefficient (Wildman–Crippen LogP) is 1.01. The number of ether oxygens (including phenoxy) is 2. The summed E-state index contributed by atoms with van der Waals surface area (Å²) in [4.78, 5) is 10.6. The Morgan fingerprint density at radius 3 is 2.11 bits per heavy atom. The van der Waals surface area contributed by atoms with Gasteiger partial charge in [-0.15, -0.1) is 0 Å². The van der Waals surface area contributed by atoms with Gasteiger partial charge in [-0.1, -0.05) is 19.3 Å². The van der Waals surface area contributed by atoms with Crippen LogP contribution in [0.3, 0.4) is 0 Å². The maximum Gasteiger partial charge on any atom is 0.268 e. The standard InChI is InChI=1S/C8H14O4S.C3H6O2/c9-6-7-4-2-1-3-5-8(7)13(10,11)12;1-2-5-3-4-1/h6-8H,1-5H2,(H,10,11,12);1-3H2. The van der Waals surface area contributed by atoms with E-state index in [9.17, 15) is 13.2 Å². The average Bonchev–Trinajstić information content (AvgIpc) is 2.78. The summed E-state index contributed by atoms with van der Waals surface area (Å²) >= 11 is 0. The first-order valence-electron chi connectivity index (χ1n) is 6.13. The first-order chi connectivity index (χ1) is 8.55. The summed E-state index contributed by atoms with van der Waals surface area (Å²) in [5, 5.41) is -0.868. The van der Waals surface area contributed by atoms with E-state index < -0.39 is 21.3 Å². The van der Waals surface area contributed by atoms with E-state index in [4.69, 9.17) is 14.0 Å². The molecule has 106 valence electrons. The Hall–Kier alpha value is -0.500. The highest BCUT2D eigenvalue weighted by molar-refractivity contribution is 7.86. The van der Waals surface area contributed by atoms with Crippen LogP contribution < -0.4 is 0 Å². The maximum absolute atomic E-state index is 10.9. The summed E-state index contributed by atoms with van der Waals surface area (Å²) in [6.45, 7) is 2.06. The zero-order chi connectivity index (χ0) is 13.4. The lowest BCUT2D eigenvalue weighted by atomic mass is 10.0. The molecule has 1 saturated carbocycles. The fraction of sp³-hybridized carbons (Fsp3) is 0.909. The van der Waals surface area contributed by atoms with Crippen molar-refractivity contribution in [2.24, 2.45) is 5.92 Å². The molecule has 2 unspecified atom stereocenters. The van der Waals surface area contributed by atoms with Crippen LogP contribution >= 0.6 is 0 Å². The molecule has 18 heavy (non-hydrogen) atoms. The average molecular weight is 280 g/mol. The molecule has 1 saturated heterocycles. The summed E-state index contributed by atoms with van der Waals surface area (Å²) in [5.74, 6) is -0.516. The van der Waals surface area contributed by atoms with Crippen molar-refractivity contribution in [1.82, 2.24) is 0 Å². The summed E-state index contributed by atoms with van der Waals surface area (Å²) in [6.07, 6.45) is 4.22. The van der Waals surface area contributed by atoms with E-state index in [2.05, 4.69) is 0 Å². The second kappa shape index (κ2) is 7.83. The molecule has 0 aromatic heterocycles. The Labute approximate surface area is 107 Å². The number of hydrogen-bond donors (Lipinski definition) is 1. The van der Waals surface area contributed by atoms with Crippen LogP contribution in [-0.4, -0.2) is 44.5 Å². The Morgan fingerprint density at radius 1 is 1.06 bits per heavy atom. The summed E-state index contributed by atoms with van der Waals surface area (Å²) < 4.78 is 40.1. The van der Waals surface area contributed by atoms with Gasteiger partial charge in [-0.2, -0.15) is 8.42 Å². The number of rotatable bonds is 2. The second-order valence-electron chi connectivity index (χ2n) is 4.43. The van der Waals surface area contributed by atoms with Crippen LogP contribution in [0.4, 0.5) is 0 Å². The second-order valence-corrected chi connectivity index (χ2v) is 6.06. The summed E-state index contributed by atoms with van der Waals surface area (Å²) in [6, 6.07) is 0. The Kier molecular flexibility index (Phi) is 6.77. The lowest BCUT2D eigenvalue weighted by Crippen LogP contribution is -2.29. The first-order valence-corrected chi connectivity index (χ1v) is 7.63. The Bertz CT molecular complexity index is 328. The zero-order valence-electron chi connectivity index (χ0n) is 10.3. The van der Waals surface area contributed by atoms with Crippen molar-refractivity contribution in [3.05, 3.63) is 0 Å². The fourth-order valence-corrected chi connectivity index (χ4v) is 3.23. The third kappa shape index (κ3) is 5.43. The topological polar surface area (TPSA) is 89.9 Å². The highest BCUT2D eigenvalue weighted by atomic mass is 32.2. The van der Waals surface area contributed by atoms with Crippen LogP contribution in [0.2, 0.25) is 0 Å². The molecule has 2 rings (SSSR count). The molecule has 7 heteroatoms. The molecular weight excluding hydrogens is 260 g/mol. The van der Waals surface area contributed by atoms with Crippen molar-refractivity contribution in [3.63, 3.8) is 0 Å². The van der Waals surface area contributed by atoms with Crippen molar-refractivity contribution >= 4 is 16.4 Å². The lowest BCUT2D eigenvalue weighted by molar-refractivity contribution is -0.111. The molecular formula is C11H20O6S. The van der Waals surface area contributed by atoms with Crippen LogP contribution in [0.15, 0.2) is 0 Å². The van der Waals surface area contributed by atoms with Crippen molar-refractivity contribution in [3.8, 4) is 0 Å². The van der Waals surface area contributed by atoms with Gasteiger partial charge in [0.2, 0.25) is 0 Å². The first kappa shape index (κ1) is 15.6. The molecule has 1 aliphatic heterocycles. The summed E-state index contributed by atoms with van der Waals surface area (Å²) in [5.41, 5.74) is 0. The van der Waals surface area contributed by atoms with Crippen LogP contribution in [0, 0.1) is 5.92 Å². The quantitative estimate of drug-likeness (QED) is 0.461. The third-order valence-electron chi connectivity index (χ3n) is 3.10. The van der Waals surface area contributed by atoms with Crippen molar-refractivity contribution in [1.29, 1.82) is 0 Å². The molecule has 0 spiro atoms. The molecule has 1 heterocycles. The van der Waals surface area contributed by atoms with Gasteiger partial charge in [0.25, 0.3) is 10.1 Å². The maximum atomic E-state index is 10.9. The van der Waals surface area contributed by atoms with Crippen molar-refractivity contribution in [2.45, 2.75) is 37.4 Å². The smallest absolute Gasteiger partial charge is 0.268 e. The van der Waals surface area contributed by atoms with Crippen molar-refractivity contribution in [2.75, 3.05) is 20.0 Å². The molecule has 0 amide bonds. The minimum atomic E-state index is -4.04. The van der Waals surface area contributed by atoms with Gasteiger partial charge in [-0.25, -0.2) is 0 Å². The molecule has 2 atom stereocenters. The fourth-order valence-electron chi connectivity index (χ4n) is 2.12. The van der Waals surface area contributed by atoms with E-state index in [1.807, 2.05) is 0 Å². The number of hydrogen-bond acceptors (Lipinski definition) is 5.